The molecule has 1 aromatic carbocycles. The van der Waals surface area contributed by atoms with Gasteiger partial charge in [-0.2, -0.15) is 0 Å². The van der Waals surface area contributed by atoms with Crippen LogP contribution in [0.5, 0.6) is 5.75 Å². The molecule has 7 nitrogen and oxygen atoms in total. The molecule has 0 saturated heterocycles. The molecule has 1 amide bonds. The Morgan fingerprint density at radius 1 is 1.58 bits per heavy atom. The summed E-state index contributed by atoms with van der Waals surface area (Å²) in [5.74, 6) is -0.935. The molecule has 1 rings (SSSR count). The van der Waals surface area contributed by atoms with Gasteiger partial charge in [-0.3, -0.25) is 14.9 Å². The standard InChI is InChI=1S/C12H17N3O4/c1-2-3-8(7-13)12(17)14-10-6-9(15(18)19)4-5-11(10)16/h4-6,8,16H,2-3,7,13H2,1H3,(H,14,17). The van der Waals surface area contributed by atoms with E-state index < -0.39 is 4.92 Å². The van der Waals surface area contributed by atoms with Crippen molar-refractivity contribution < 1.29 is 14.8 Å². The van der Waals surface area contributed by atoms with Crippen LogP contribution in [0.15, 0.2) is 18.2 Å². The molecular weight excluding hydrogens is 250 g/mol. The molecule has 0 bridgehead atoms. The van der Waals surface area contributed by atoms with Crippen molar-refractivity contribution in [3.8, 4) is 5.75 Å². The number of non-ortho nitro benzene ring substituents is 1. The molecule has 4 N–H and O–H groups in total. The number of nitro groups is 1. The first-order chi connectivity index (χ1) is 8.99. The number of rotatable bonds is 6. The lowest BCUT2D eigenvalue weighted by Crippen LogP contribution is -2.29. The largest absolute Gasteiger partial charge is 0.506 e. The minimum atomic E-state index is -0.596. The van der Waals surface area contributed by atoms with Crippen LogP contribution < -0.4 is 11.1 Å². The van der Waals surface area contributed by atoms with Gasteiger partial charge in [0.05, 0.1) is 16.5 Å². The Balaban J connectivity index is 2.89. The Kier molecular flexibility index (Phi) is 5.25. The van der Waals surface area contributed by atoms with Gasteiger partial charge >= 0.3 is 0 Å². The maximum Gasteiger partial charge on any atom is 0.271 e. The predicted molar refractivity (Wildman–Crippen MR) is 70.8 cm³/mol. The maximum absolute atomic E-state index is 11.9. The van der Waals surface area contributed by atoms with Crippen molar-refractivity contribution in [1.82, 2.24) is 0 Å². The summed E-state index contributed by atoms with van der Waals surface area (Å²) in [7, 11) is 0. The van der Waals surface area contributed by atoms with E-state index in [1.165, 1.54) is 6.07 Å². The zero-order valence-corrected chi connectivity index (χ0v) is 10.6. The van der Waals surface area contributed by atoms with E-state index in [2.05, 4.69) is 5.32 Å². The lowest BCUT2D eigenvalue weighted by molar-refractivity contribution is -0.384. The third kappa shape index (κ3) is 3.92. The van der Waals surface area contributed by atoms with E-state index in [-0.39, 0.29) is 35.5 Å². The van der Waals surface area contributed by atoms with Gasteiger partial charge in [-0.15, -0.1) is 0 Å². The molecule has 0 aliphatic heterocycles. The van der Waals surface area contributed by atoms with Crippen molar-refractivity contribution in [1.29, 1.82) is 0 Å². The average molecular weight is 267 g/mol. The monoisotopic (exact) mass is 267 g/mol. The van der Waals surface area contributed by atoms with E-state index in [4.69, 9.17) is 5.73 Å². The Morgan fingerprint density at radius 3 is 2.79 bits per heavy atom. The summed E-state index contributed by atoms with van der Waals surface area (Å²) in [4.78, 5) is 21.9. The van der Waals surface area contributed by atoms with Crippen LogP contribution in [0, 0.1) is 16.0 Å². The van der Waals surface area contributed by atoms with Gasteiger partial charge in [0.25, 0.3) is 5.69 Å². The SMILES string of the molecule is CCCC(CN)C(=O)Nc1cc([N+](=O)[O-])ccc1O. The number of anilines is 1. The van der Waals surface area contributed by atoms with Crippen LogP contribution in [-0.2, 0) is 4.79 Å². The number of aromatic hydroxyl groups is 1. The van der Waals surface area contributed by atoms with Crippen molar-refractivity contribution in [3.63, 3.8) is 0 Å². The van der Waals surface area contributed by atoms with Crippen LogP contribution in [-0.4, -0.2) is 22.5 Å². The summed E-state index contributed by atoms with van der Waals surface area (Å²) < 4.78 is 0. The number of hydrogen-bond donors (Lipinski definition) is 3. The normalized spacial score (nSPS) is 11.9. The number of amides is 1. The quantitative estimate of drug-likeness (QED) is 0.411. The van der Waals surface area contributed by atoms with Crippen LogP contribution >= 0.6 is 0 Å². The van der Waals surface area contributed by atoms with Crippen molar-refractivity contribution in [3.05, 3.63) is 28.3 Å². The minimum Gasteiger partial charge on any atom is -0.506 e. The topological polar surface area (TPSA) is 118 Å². The fraction of sp³-hybridized carbons (Fsp3) is 0.417. The lowest BCUT2D eigenvalue weighted by atomic mass is 10.0. The highest BCUT2D eigenvalue weighted by molar-refractivity contribution is 5.94. The number of carbonyl (C=O) groups is 1. The van der Waals surface area contributed by atoms with E-state index in [0.29, 0.717) is 6.42 Å². The van der Waals surface area contributed by atoms with Gasteiger partial charge in [-0.05, 0) is 12.5 Å². The molecule has 0 aliphatic rings. The number of phenolic OH excluding ortho intramolecular Hbond substituents is 1. The molecule has 0 spiro atoms. The van der Waals surface area contributed by atoms with E-state index >= 15 is 0 Å². The van der Waals surface area contributed by atoms with Gasteiger partial charge in [-0.25, -0.2) is 0 Å². The van der Waals surface area contributed by atoms with Gasteiger partial charge < -0.3 is 16.2 Å². The summed E-state index contributed by atoms with van der Waals surface area (Å²) in [6.45, 7) is 2.12. The molecule has 0 saturated carbocycles. The number of nitro benzene ring substituents is 1. The average Bonchev–Trinajstić information content (AvgIpc) is 2.38. The highest BCUT2D eigenvalue weighted by Crippen LogP contribution is 2.28. The minimum absolute atomic E-state index is 0.0220. The Bertz CT molecular complexity index is 476. The number of hydrogen-bond acceptors (Lipinski definition) is 5. The summed E-state index contributed by atoms with van der Waals surface area (Å²) in [5, 5.41) is 22.7. The fourth-order valence-corrected chi connectivity index (χ4v) is 1.68. The fourth-order valence-electron chi connectivity index (χ4n) is 1.68. The molecule has 0 aliphatic carbocycles. The number of carbonyl (C=O) groups excluding carboxylic acids is 1. The van der Waals surface area contributed by atoms with Crippen molar-refractivity contribution in [2.75, 3.05) is 11.9 Å². The molecule has 7 heteroatoms. The molecule has 1 atom stereocenters. The van der Waals surface area contributed by atoms with Gasteiger partial charge in [0.1, 0.15) is 5.75 Å². The van der Waals surface area contributed by atoms with Crippen LogP contribution in [0.2, 0.25) is 0 Å². The zero-order valence-electron chi connectivity index (χ0n) is 10.6. The van der Waals surface area contributed by atoms with Crippen LogP contribution in [0.4, 0.5) is 11.4 Å². The van der Waals surface area contributed by atoms with Gasteiger partial charge in [0, 0.05) is 18.7 Å². The number of nitrogens with zero attached hydrogens (tertiary/aromatic N) is 1. The maximum atomic E-state index is 11.9. The molecule has 0 fully saturated rings. The van der Waals surface area contributed by atoms with Crippen molar-refractivity contribution >= 4 is 17.3 Å². The van der Waals surface area contributed by atoms with Crippen molar-refractivity contribution in [2.24, 2.45) is 11.7 Å². The Hall–Kier alpha value is -2.15. The summed E-state index contributed by atoms with van der Waals surface area (Å²) in [6.07, 6.45) is 1.42. The molecule has 0 radical (unpaired) electrons. The second-order valence-corrected chi connectivity index (χ2v) is 4.17. The number of benzene rings is 1. The first-order valence-corrected chi connectivity index (χ1v) is 5.98. The smallest absolute Gasteiger partial charge is 0.271 e. The number of phenols is 1. The number of nitrogens with one attached hydrogen (secondary N) is 1. The van der Waals surface area contributed by atoms with E-state index in [1.807, 2.05) is 6.92 Å². The molecular formula is C12H17N3O4. The third-order valence-electron chi connectivity index (χ3n) is 2.74. The van der Waals surface area contributed by atoms with E-state index in [1.54, 1.807) is 0 Å². The first kappa shape index (κ1) is 14.9. The number of nitrogens with two attached hydrogens (primary N) is 1. The zero-order chi connectivity index (χ0) is 14.4. The summed E-state index contributed by atoms with van der Waals surface area (Å²) in [5.41, 5.74) is 5.32. The molecule has 0 aromatic heterocycles. The van der Waals surface area contributed by atoms with Crippen molar-refractivity contribution in [2.45, 2.75) is 19.8 Å². The Morgan fingerprint density at radius 2 is 2.26 bits per heavy atom. The van der Waals surface area contributed by atoms with Gasteiger partial charge in [0.2, 0.25) is 5.91 Å². The second-order valence-electron chi connectivity index (χ2n) is 4.17. The predicted octanol–water partition coefficient (Wildman–Crippen LogP) is 1.61. The van der Waals surface area contributed by atoms with Gasteiger partial charge in [0.15, 0.2) is 0 Å². The Labute approximate surface area is 110 Å². The van der Waals surface area contributed by atoms with Crippen LogP contribution in [0.1, 0.15) is 19.8 Å². The summed E-state index contributed by atoms with van der Waals surface area (Å²) >= 11 is 0. The van der Waals surface area contributed by atoms with E-state index in [9.17, 15) is 20.0 Å². The molecule has 104 valence electrons. The molecule has 0 heterocycles. The van der Waals surface area contributed by atoms with E-state index in [0.717, 1.165) is 18.6 Å². The lowest BCUT2D eigenvalue weighted by Gasteiger charge is -2.14. The van der Waals surface area contributed by atoms with Gasteiger partial charge in [-0.1, -0.05) is 13.3 Å². The molecule has 19 heavy (non-hydrogen) atoms. The molecule has 1 aromatic rings. The highest BCUT2D eigenvalue weighted by atomic mass is 16.6. The summed E-state index contributed by atoms with van der Waals surface area (Å²) in [6, 6.07) is 3.45. The third-order valence-corrected chi connectivity index (χ3v) is 2.74. The second kappa shape index (κ2) is 6.69. The molecule has 1 unspecified atom stereocenters. The van der Waals surface area contributed by atoms with Crippen LogP contribution in [0.3, 0.4) is 0 Å². The highest BCUT2D eigenvalue weighted by Gasteiger charge is 2.18. The first-order valence-electron chi connectivity index (χ1n) is 5.98. The van der Waals surface area contributed by atoms with Crippen LogP contribution in [0.25, 0.3) is 0 Å².